The van der Waals surface area contributed by atoms with E-state index in [2.05, 4.69) is 0 Å². The molecule has 8 heteroatoms. The number of likely N-dealkylation sites (tertiary alicyclic amines) is 1. The van der Waals surface area contributed by atoms with Crippen molar-refractivity contribution in [2.24, 2.45) is 5.41 Å². The quantitative estimate of drug-likeness (QED) is 0.863. The third kappa shape index (κ3) is 3.04. The van der Waals surface area contributed by atoms with Crippen molar-refractivity contribution in [3.63, 3.8) is 0 Å². The van der Waals surface area contributed by atoms with Crippen LogP contribution in [0.15, 0.2) is 24.3 Å². The zero-order valence-electron chi connectivity index (χ0n) is 15.0. The molecule has 0 aromatic heterocycles. The van der Waals surface area contributed by atoms with Gasteiger partial charge in [0.15, 0.2) is 5.41 Å². The highest BCUT2D eigenvalue weighted by Crippen LogP contribution is 2.49. The van der Waals surface area contributed by atoms with Gasteiger partial charge >= 0.3 is 12.1 Å². The minimum absolute atomic E-state index is 0.206. The Hall–Kier alpha value is -2.25. The van der Waals surface area contributed by atoms with Gasteiger partial charge in [-0.3, -0.25) is 9.59 Å². The molecule has 2 fully saturated rings. The number of alkyl halides is 3. The lowest BCUT2D eigenvalue weighted by Gasteiger charge is -2.34. The van der Waals surface area contributed by atoms with Gasteiger partial charge in [0.05, 0.1) is 12.5 Å². The topological polar surface area (TPSA) is 66.8 Å². The molecule has 1 aliphatic carbocycles. The number of methoxy groups -OCH3 is 1. The van der Waals surface area contributed by atoms with E-state index in [-0.39, 0.29) is 6.54 Å². The lowest BCUT2D eigenvalue weighted by Crippen LogP contribution is -2.50. The van der Waals surface area contributed by atoms with Crippen molar-refractivity contribution in [1.82, 2.24) is 4.90 Å². The third-order valence-corrected chi connectivity index (χ3v) is 6.02. The number of carbonyl (C=O) groups is 2. The van der Waals surface area contributed by atoms with Crippen LogP contribution in [-0.2, 0) is 15.0 Å². The van der Waals surface area contributed by atoms with E-state index in [1.165, 1.54) is 7.11 Å². The Morgan fingerprint density at radius 3 is 2.15 bits per heavy atom. The van der Waals surface area contributed by atoms with E-state index in [1.807, 2.05) is 0 Å². The molecule has 148 valence electrons. The van der Waals surface area contributed by atoms with Crippen LogP contribution in [0.5, 0.6) is 5.75 Å². The van der Waals surface area contributed by atoms with Crippen LogP contribution in [0.4, 0.5) is 13.2 Å². The van der Waals surface area contributed by atoms with E-state index in [0.29, 0.717) is 18.6 Å². The van der Waals surface area contributed by atoms with Crippen LogP contribution in [-0.4, -0.2) is 48.3 Å². The van der Waals surface area contributed by atoms with E-state index in [0.717, 1.165) is 23.3 Å². The monoisotopic (exact) mass is 385 g/mol. The maximum absolute atomic E-state index is 13.4. The van der Waals surface area contributed by atoms with Crippen LogP contribution in [0.25, 0.3) is 0 Å². The van der Waals surface area contributed by atoms with Gasteiger partial charge in [-0.15, -0.1) is 0 Å². The molecular formula is C19H22F3NO4. The molecule has 3 rings (SSSR count). The summed E-state index contributed by atoms with van der Waals surface area (Å²) in [5, 5.41) is 9.23. The summed E-state index contributed by atoms with van der Waals surface area (Å²) in [5.41, 5.74) is -3.04. The highest BCUT2D eigenvalue weighted by molar-refractivity contribution is 5.90. The number of aliphatic carboxylic acids is 1. The van der Waals surface area contributed by atoms with E-state index >= 15 is 0 Å². The van der Waals surface area contributed by atoms with Crippen LogP contribution in [0.2, 0.25) is 0 Å². The molecule has 1 saturated heterocycles. The molecule has 1 aromatic carbocycles. The smallest absolute Gasteiger partial charge is 0.406 e. The number of hydrogen-bond donors (Lipinski definition) is 1. The Labute approximate surface area is 155 Å². The fraction of sp³-hybridized carbons (Fsp3) is 0.579. The number of carboxylic acids is 1. The molecule has 1 amide bonds. The van der Waals surface area contributed by atoms with Crippen LogP contribution in [0.1, 0.15) is 37.7 Å². The fourth-order valence-electron chi connectivity index (χ4n) is 4.33. The first-order chi connectivity index (χ1) is 12.7. The lowest BCUT2D eigenvalue weighted by atomic mass is 9.77. The number of rotatable bonds is 4. The molecule has 1 heterocycles. The number of amides is 1. The molecule has 0 bridgehead atoms. The molecule has 5 nitrogen and oxygen atoms in total. The second kappa shape index (κ2) is 6.73. The standard InChI is InChI=1S/C19H22F3NO4/c1-27-14-6-4-13(5-7-14)17(8-2-3-9-17)15(24)23-11-10-18(12-23,16(25)26)19(20,21)22/h4-7H,2-3,8-12H2,1H3,(H,25,26). The minimum atomic E-state index is -4.91. The maximum atomic E-state index is 13.4. The molecular weight excluding hydrogens is 363 g/mol. The first-order valence-corrected chi connectivity index (χ1v) is 8.90. The Morgan fingerprint density at radius 2 is 1.70 bits per heavy atom. The van der Waals surface area contributed by atoms with Gasteiger partial charge in [0.2, 0.25) is 5.91 Å². The fourth-order valence-corrected chi connectivity index (χ4v) is 4.33. The summed E-state index contributed by atoms with van der Waals surface area (Å²) in [4.78, 5) is 25.8. The van der Waals surface area contributed by atoms with Crippen molar-refractivity contribution in [3.8, 4) is 5.75 Å². The molecule has 1 aliphatic heterocycles. The van der Waals surface area contributed by atoms with E-state index < -0.39 is 41.8 Å². The summed E-state index contributed by atoms with van der Waals surface area (Å²) >= 11 is 0. The van der Waals surface area contributed by atoms with Crippen LogP contribution < -0.4 is 4.74 Å². The third-order valence-electron chi connectivity index (χ3n) is 6.02. The molecule has 1 aromatic rings. The summed E-state index contributed by atoms with van der Waals surface area (Å²) in [6, 6.07) is 6.99. The van der Waals surface area contributed by atoms with Crippen molar-refractivity contribution in [2.45, 2.75) is 43.7 Å². The highest BCUT2D eigenvalue weighted by Gasteiger charge is 2.65. The number of benzene rings is 1. The molecule has 27 heavy (non-hydrogen) atoms. The predicted octanol–water partition coefficient (Wildman–Crippen LogP) is 3.37. The van der Waals surface area contributed by atoms with Crippen molar-refractivity contribution >= 4 is 11.9 Å². The normalized spacial score (nSPS) is 24.8. The minimum Gasteiger partial charge on any atom is -0.497 e. The maximum Gasteiger partial charge on any atom is 0.406 e. The largest absolute Gasteiger partial charge is 0.497 e. The molecule has 1 N–H and O–H groups in total. The van der Waals surface area contributed by atoms with Gasteiger partial charge in [-0.05, 0) is 37.0 Å². The number of ether oxygens (including phenoxy) is 1. The second-order valence-corrected chi connectivity index (χ2v) is 7.38. The van der Waals surface area contributed by atoms with Crippen LogP contribution in [0, 0.1) is 5.41 Å². The van der Waals surface area contributed by atoms with Gasteiger partial charge in [-0.25, -0.2) is 0 Å². The molecule has 1 unspecified atom stereocenters. The number of carbonyl (C=O) groups excluding carboxylic acids is 1. The molecule has 1 atom stereocenters. The van der Waals surface area contributed by atoms with E-state index in [4.69, 9.17) is 4.74 Å². The average molecular weight is 385 g/mol. The van der Waals surface area contributed by atoms with Gasteiger partial charge < -0.3 is 14.7 Å². The van der Waals surface area contributed by atoms with Gasteiger partial charge in [0, 0.05) is 13.1 Å². The first kappa shape index (κ1) is 19.5. The van der Waals surface area contributed by atoms with Crippen molar-refractivity contribution < 1.29 is 32.6 Å². The second-order valence-electron chi connectivity index (χ2n) is 7.38. The van der Waals surface area contributed by atoms with Gasteiger partial charge in [-0.2, -0.15) is 13.2 Å². The highest BCUT2D eigenvalue weighted by atomic mass is 19.4. The Morgan fingerprint density at radius 1 is 1.11 bits per heavy atom. The van der Waals surface area contributed by atoms with Crippen LogP contribution in [0.3, 0.4) is 0 Å². The number of nitrogens with zero attached hydrogens (tertiary/aromatic N) is 1. The summed E-state index contributed by atoms with van der Waals surface area (Å²) in [5.74, 6) is -1.70. The summed E-state index contributed by atoms with van der Waals surface area (Å²) in [6.07, 6.45) is -2.83. The molecule has 1 saturated carbocycles. The SMILES string of the molecule is COc1ccc(C2(C(=O)N3CCC(C(=O)O)(C(F)(F)F)C3)CCCC2)cc1. The van der Waals surface area contributed by atoms with Gasteiger partial charge in [0.25, 0.3) is 0 Å². The number of halogens is 3. The van der Waals surface area contributed by atoms with E-state index in [9.17, 15) is 27.9 Å². The first-order valence-electron chi connectivity index (χ1n) is 8.90. The number of carboxylic acid groups (broad SMARTS) is 1. The van der Waals surface area contributed by atoms with Crippen molar-refractivity contribution in [1.29, 1.82) is 0 Å². The summed E-state index contributed by atoms with van der Waals surface area (Å²) in [7, 11) is 1.53. The molecule has 2 aliphatic rings. The van der Waals surface area contributed by atoms with Gasteiger partial charge in [-0.1, -0.05) is 25.0 Å². The Kier molecular flexibility index (Phi) is 4.86. The Bertz CT molecular complexity index is 725. The zero-order valence-corrected chi connectivity index (χ0v) is 15.0. The van der Waals surface area contributed by atoms with Gasteiger partial charge in [0.1, 0.15) is 5.75 Å². The summed E-state index contributed by atoms with van der Waals surface area (Å²) < 4.78 is 45.5. The zero-order chi connectivity index (χ0) is 19.9. The Balaban J connectivity index is 1.91. The molecule has 0 spiro atoms. The average Bonchev–Trinajstić information content (AvgIpc) is 3.29. The van der Waals surface area contributed by atoms with E-state index in [1.54, 1.807) is 24.3 Å². The van der Waals surface area contributed by atoms with Crippen molar-refractivity contribution in [2.75, 3.05) is 20.2 Å². The number of hydrogen-bond acceptors (Lipinski definition) is 3. The van der Waals surface area contributed by atoms with Crippen molar-refractivity contribution in [3.05, 3.63) is 29.8 Å². The summed E-state index contributed by atoms with van der Waals surface area (Å²) in [6.45, 7) is -1.04. The predicted molar refractivity (Wildman–Crippen MR) is 90.5 cm³/mol. The molecule has 0 radical (unpaired) electrons. The van der Waals surface area contributed by atoms with Crippen LogP contribution >= 0.6 is 0 Å². The lowest BCUT2D eigenvalue weighted by molar-refractivity contribution is -0.227.